The maximum absolute atomic E-state index is 12.2. The van der Waals surface area contributed by atoms with Crippen molar-refractivity contribution < 1.29 is 23.5 Å². The average Bonchev–Trinajstić information content (AvgIpc) is 3.21. The van der Waals surface area contributed by atoms with Crippen LogP contribution < -0.4 is 9.47 Å². The van der Waals surface area contributed by atoms with Crippen LogP contribution in [0.5, 0.6) is 11.5 Å². The van der Waals surface area contributed by atoms with Gasteiger partial charge in [0.2, 0.25) is 5.76 Å². The fourth-order valence-electron chi connectivity index (χ4n) is 2.26. The lowest BCUT2D eigenvalue weighted by atomic mass is 10.1. The average molecular weight is 348 g/mol. The Bertz CT molecular complexity index is 921. The summed E-state index contributed by atoms with van der Waals surface area (Å²) in [5, 5.41) is 0. The minimum absolute atomic E-state index is 0.126. The number of esters is 1. The second-order valence-corrected chi connectivity index (χ2v) is 5.37. The van der Waals surface area contributed by atoms with Crippen molar-refractivity contribution in [1.29, 1.82) is 0 Å². The minimum Gasteiger partial charge on any atom is -0.497 e. The molecular formula is C21H16O5. The van der Waals surface area contributed by atoms with Crippen LogP contribution in [0.15, 0.2) is 77.4 Å². The van der Waals surface area contributed by atoms with Crippen LogP contribution in [0.4, 0.5) is 0 Å². The molecule has 130 valence electrons. The maximum atomic E-state index is 12.2. The van der Waals surface area contributed by atoms with E-state index in [1.54, 1.807) is 61.7 Å². The van der Waals surface area contributed by atoms with Gasteiger partial charge in [-0.2, -0.15) is 0 Å². The van der Waals surface area contributed by atoms with Crippen LogP contribution in [0.3, 0.4) is 0 Å². The second kappa shape index (κ2) is 7.98. The van der Waals surface area contributed by atoms with Crippen molar-refractivity contribution in [3.63, 3.8) is 0 Å². The third-order valence-electron chi connectivity index (χ3n) is 3.59. The third kappa shape index (κ3) is 4.27. The summed E-state index contributed by atoms with van der Waals surface area (Å²) in [5.41, 5.74) is 1.29. The molecule has 5 nitrogen and oxygen atoms in total. The topological polar surface area (TPSA) is 65.7 Å². The standard InChI is InChI=1S/C21H16O5/c1-24-17-10-8-16(9-11-17)19(22)12-7-15-4-2-5-18(14-15)26-21(23)20-6-3-13-25-20/h2-14H,1H3. The van der Waals surface area contributed by atoms with Gasteiger partial charge in [0.15, 0.2) is 5.78 Å². The number of carbonyl (C=O) groups excluding carboxylic acids is 2. The predicted octanol–water partition coefficient (Wildman–Crippen LogP) is 4.40. The zero-order chi connectivity index (χ0) is 18.4. The van der Waals surface area contributed by atoms with Gasteiger partial charge in [0.1, 0.15) is 11.5 Å². The molecule has 3 rings (SSSR count). The molecule has 2 aromatic carbocycles. The van der Waals surface area contributed by atoms with Gasteiger partial charge >= 0.3 is 5.97 Å². The number of ether oxygens (including phenoxy) is 2. The minimum atomic E-state index is -0.578. The third-order valence-corrected chi connectivity index (χ3v) is 3.59. The Hall–Kier alpha value is -3.60. The molecule has 0 aliphatic heterocycles. The maximum Gasteiger partial charge on any atom is 0.379 e. The summed E-state index contributed by atoms with van der Waals surface area (Å²) in [4.78, 5) is 24.1. The van der Waals surface area contributed by atoms with E-state index in [4.69, 9.17) is 13.9 Å². The van der Waals surface area contributed by atoms with E-state index in [1.807, 2.05) is 6.07 Å². The highest BCUT2D eigenvalue weighted by atomic mass is 16.5. The van der Waals surface area contributed by atoms with Gasteiger partial charge in [-0.25, -0.2) is 4.79 Å². The van der Waals surface area contributed by atoms with Crippen LogP contribution in [0.1, 0.15) is 26.5 Å². The van der Waals surface area contributed by atoms with Crippen molar-refractivity contribution in [3.05, 3.63) is 89.9 Å². The first-order valence-corrected chi connectivity index (χ1v) is 7.88. The number of ketones is 1. The molecular weight excluding hydrogens is 332 g/mol. The van der Waals surface area contributed by atoms with Gasteiger partial charge in [0, 0.05) is 5.56 Å². The van der Waals surface area contributed by atoms with E-state index in [0.717, 1.165) is 5.56 Å². The van der Waals surface area contributed by atoms with Crippen molar-refractivity contribution in [2.24, 2.45) is 0 Å². The molecule has 0 N–H and O–H groups in total. The Kier molecular flexibility index (Phi) is 5.29. The van der Waals surface area contributed by atoms with Gasteiger partial charge in [0.25, 0.3) is 0 Å². The molecule has 0 atom stereocenters. The first kappa shape index (κ1) is 17.2. The van der Waals surface area contributed by atoms with E-state index in [-0.39, 0.29) is 11.5 Å². The van der Waals surface area contributed by atoms with Gasteiger partial charge in [0.05, 0.1) is 13.4 Å². The largest absolute Gasteiger partial charge is 0.497 e. The SMILES string of the molecule is COc1ccc(C(=O)C=Cc2cccc(OC(=O)c3ccco3)c2)cc1. The van der Waals surface area contributed by atoms with Crippen molar-refractivity contribution in [2.45, 2.75) is 0 Å². The summed E-state index contributed by atoms with van der Waals surface area (Å²) in [7, 11) is 1.57. The Morgan fingerprint density at radius 2 is 1.77 bits per heavy atom. The Morgan fingerprint density at radius 1 is 0.962 bits per heavy atom. The van der Waals surface area contributed by atoms with Crippen LogP contribution in [-0.4, -0.2) is 18.9 Å². The number of furan rings is 1. The van der Waals surface area contributed by atoms with E-state index in [1.165, 1.54) is 18.4 Å². The molecule has 0 radical (unpaired) electrons. The molecule has 0 fully saturated rings. The number of rotatable bonds is 6. The van der Waals surface area contributed by atoms with Crippen LogP contribution in [0.25, 0.3) is 6.08 Å². The molecule has 3 aromatic rings. The van der Waals surface area contributed by atoms with Crippen LogP contribution in [0.2, 0.25) is 0 Å². The zero-order valence-electron chi connectivity index (χ0n) is 14.0. The Labute approximate surface area is 150 Å². The fourth-order valence-corrected chi connectivity index (χ4v) is 2.26. The van der Waals surface area contributed by atoms with Crippen molar-refractivity contribution in [2.75, 3.05) is 7.11 Å². The number of hydrogen-bond acceptors (Lipinski definition) is 5. The number of methoxy groups -OCH3 is 1. The molecule has 5 heteroatoms. The lowest BCUT2D eigenvalue weighted by Gasteiger charge is -2.03. The summed E-state index contributed by atoms with van der Waals surface area (Å²) in [6.45, 7) is 0. The van der Waals surface area contributed by atoms with E-state index in [9.17, 15) is 9.59 Å². The van der Waals surface area contributed by atoms with Gasteiger partial charge < -0.3 is 13.9 Å². The zero-order valence-corrected chi connectivity index (χ0v) is 14.0. The molecule has 0 unspecified atom stereocenters. The first-order valence-electron chi connectivity index (χ1n) is 7.88. The van der Waals surface area contributed by atoms with Crippen LogP contribution in [0, 0.1) is 0 Å². The van der Waals surface area contributed by atoms with E-state index >= 15 is 0 Å². The highest BCUT2D eigenvalue weighted by molar-refractivity contribution is 6.06. The monoisotopic (exact) mass is 348 g/mol. The highest BCUT2D eigenvalue weighted by Crippen LogP contribution is 2.17. The smallest absolute Gasteiger partial charge is 0.379 e. The van der Waals surface area contributed by atoms with Gasteiger partial charge in [-0.3, -0.25) is 4.79 Å². The molecule has 0 saturated carbocycles. The van der Waals surface area contributed by atoms with E-state index in [0.29, 0.717) is 17.1 Å². The molecule has 0 saturated heterocycles. The lowest BCUT2D eigenvalue weighted by Crippen LogP contribution is -2.07. The van der Waals surface area contributed by atoms with E-state index in [2.05, 4.69) is 0 Å². The Morgan fingerprint density at radius 3 is 2.46 bits per heavy atom. The molecule has 0 amide bonds. The summed E-state index contributed by atoms with van der Waals surface area (Å²) in [5.74, 6) is 0.471. The number of carbonyl (C=O) groups is 2. The molecule has 0 spiro atoms. The quantitative estimate of drug-likeness (QED) is 0.286. The first-order chi connectivity index (χ1) is 12.7. The Balaban J connectivity index is 1.68. The van der Waals surface area contributed by atoms with Crippen LogP contribution >= 0.6 is 0 Å². The molecule has 0 aliphatic rings. The lowest BCUT2D eigenvalue weighted by molar-refractivity contribution is 0.0701. The predicted molar refractivity (Wildman–Crippen MR) is 96.5 cm³/mol. The number of benzene rings is 2. The normalized spacial score (nSPS) is 10.7. The summed E-state index contributed by atoms with van der Waals surface area (Å²) in [6, 6.07) is 16.9. The number of allylic oxidation sites excluding steroid dienone is 1. The molecule has 0 aliphatic carbocycles. The second-order valence-electron chi connectivity index (χ2n) is 5.37. The molecule has 1 aromatic heterocycles. The molecule has 26 heavy (non-hydrogen) atoms. The molecule has 0 bridgehead atoms. The highest BCUT2D eigenvalue weighted by Gasteiger charge is 2.11. The van der Waals surface area contributed by atoms with Crippen molar-refractivity contribution >= 4 is 17.8 Å². The molecule has 1 heterocycles. The summed E-state index contributed by atoms with van der Waals surface area (Å²) in [6.07, 6.45) is 4.53. The summed E-state index contributed by atoms with van der Waals surface area (Å²) >= 11 is 0. The van der Waals surface area contributed by atoms with Gasteiger partial charge in [-0.1, -0.05) is 18.2 Å². The van der Waals surface area contributed by atoms with Crippen molar-refractivity contribution in [1.82, 2.24) is 0 Å². The summed E-state index contributed by atoms with van der Waals surface area (Å²) < 4.78 is 15.3. The fraction of sp³-hybridized carbons (Fsp3) is 0.0476. The van der Waals surface area contributed by atoms with Gasteiger partial charge in [-0.05, 0) is 60.2 Å². The van der Waals surface area contributed by atoms with E-state index < -0.39 is 5.97 Å². The van der Waals surface area contributed by atoms with Gasteiger partial charge in [-0.15, -0.1) is 0 Å². The van der Waals surface area contributed by atoms with Crippen molar-refractivity contribution in [3.8, 4) is 11.5 Å². The number of hydrogen-bond donors (Lipinski definition) is 0. The van der Waals surface area contributed by atoms with Crippen LogP contribution in [-0.2, 0) is 0 Å².